The van der Waals surface area contributed by atoms with E-state index in [1.165, 1.54) is 0 Å². The first-order chi connectivity index (χ1) is 9.85. The zero-order valence-corrected chi connectivity index (χ0v) is 12.8. The van der Waals surface area contributed by atoms with E-state index in [0.29, 0.717) is 10.0 Å². The lowest BCUT2D eigenvalue weighted by atomic mass is 9.75. The lowest BCUT2D eigenvalue weighted by Crippen LogP contribution is -2.51. The number of alkyl halides is 2. The monoisotopic (exact) mass is 357 g/mol. The molecule has 1 spiro atoms. The second-order valence-corrected chi connectivity index (χ2v) is 6.60. The summed E-state index contributed by atoms with van der Waals surface area (Å²) in [5.41, 5.74) is -0.521. The molecule has 1 N–H and O–H groups in total. The maximum atomic E-state index is 13.3. The van der Waals surface area contributed by atoms with Gasteiger partial charge in [-0.05, 0) is 24.5 Å². The Morgan fingerprint density at radius 2 is 1.71 bits per heavy atom. The van der Waals surface area contributed by atoms with Crippen molar-refractivity contribution in [2.45, 2.75) is 43.1 Å². The normalized spacial score (nSPS) is 26.9. The Morgan fingerprint density at radius 3 is 2.33 bits per heavy atom. The summed E-state index contributed by atoms with van der Waals surface area (Å²) in [5, 5.41) is 2.69. The van der Waals surface area contributed by atoms with Gasteiger partial charge in [0.1, 0.15) is 11.5 Å². The lowest BCUT2D eigenvalue weighted by molar-refractivity contribution is -0.128. The van der Waals surface area contributed by atoms with Gasteiger partial charge in [0.05, 0.1) is 0 Å². The highest BCUT2D eigenvalue weighted by molar-refractivity contribution is 9.10. The van der Waals surface area contributed by atoms with Crippen LogP contribution < -0.4 is 5.32 Å². The predicted molar refractivity (Wildman–Crippen MR) is 76.2 cm³/mol. The molecule has 2 fully saturated rings. The van der Waals surface area contributed by atoms with Crippen molar-refractivity contribution in [1.82, 2.24) is 5.32 Å². The summed E-state index contributed by atoms with van der Waals surface area (Å²) in [6, 6.07) is 7.01. The summed E-state index contributed by atoms with van der Waals surface area (Å²) in [4.78, 5) is 24.9. The molecule has 1 aromatic carbocycles. The van der Waals surface area contributed by atoms with E-state index < -0.39 is 23.3 Å². The van der Waals surface area contributed by atoms with E-state index in [0.717, 1.165) is 0 Å². The van der Waals surface area contributed by atoms with Gasteiger partial charge >= 0.3 is 0 Å². The van der Waals surface area contributed by atoms with Crippen molar-refractivity contribution < 1.29 is 18.4 Å². The fourth-order valence-electron chi connectivity index (χ4n) is 3.17. The van der Waals surface area contributed by atoms with Gasteiger partial charge in [0.25, 0.3) is 0 Å². The molecule has 2 aliphatic rings. The van der Waals surface area contributed by atoms with Gasteiger partial charge in [0.15, 0.2) is 5.78 Å². The fraction of sp³-hybridized carbons (Fsp3) is 0.467. The average molecular weight is 358 g/mol. The number of benzene rings is 1. The number of carbonyl (C=O) groups is 2. The molecule has 1 aliphatic carbocycles. The first-order valence-electron chi connectivity index (χ1n) is 6.83. The van der Waals surface area contributed by atoms with Crippen LogP contribution in [0.25, 0.3) is 0 Å². The molecule has 112 valence electrons. The highest BCUT2D eigenvalue weighted by Gasteiger charge is 2.56. The van der Waals surface area contributed by atoms with E-state index in [-0.39, 0.29) is 31.5 Å². The molecule has 3 nitrogen and oxygen atoms in total. The van der Waals surface area contributed by atoms with Crippen LogP contribution in [-0.4, -0.2) is 23.2 Å². The second kappa shape index (κ2) is 4.87. The van der Waals surface area contributed by atoms with E-state index in [9.17, 15) is 18.4 Å². The summed E-state index contributed by atoms with van der Waals surface area (Å²) in [6.07, 6.45) is -0.708. The molecule has 1 amide bonds. The number of amides is 1. The molecule has 21 heavy (non-hydrogen) atoms. The van der Waals surface area contributed by atoms with Crippen LogP contribution in [-0.2, 0) is 9.59 Å². The number of carbonyl (C=O) groups excluding carboxylic acids is 2. The van der Waals surface area contributed by atoms with Crippen LogP contribution in [0.3, 0.4) is 0 Å². The van der Waals surface area contributed by atoms with Gasteiger partial charge in [-0.15, -0.1) is 0 Å². The maximum absolute atomic E-state index is 13.3. The van der Waals surface area contributed by atoms with E-state index >= 15 is 0 Å². The summed E-state index contributed by atoms with van der Waals surface area (Å²) in [5.74, 6) is -4.32. The second-order valence-electron chi connectivity index (χ2n) is 5.75. The minimum absolute atomic E-state index is 0.00548. The van der Waals surface area contributed by atoms with Crippen LogP contribution in [0.2, 0.25) is 0 Å². The van der Waals surface area contributed by atoms with Crippen molar-refractivity contribution in [3.8, 4) is 0 Å². The smallest absolute Gasteiger partial charge is 0.248 e. The SMILES string of the molecule is O=C1NC2(CCC(F)(F)CC2)C(=O)C1c1ccccc1Br. The van der Waals surface area contributed by atoms with Crippen LogP contribution in [0.5, 0.6) is 0 Å². The molecule has 3 rings (SSSR count). The van der Waals surface area contributed by atoms with Crippen LogP contribution in [0.4, 0.5) is 8.78 Å². The molecule has 1 unspecified atom stereocenters. The molecule has 1 aliphatic heterocycles. The van der Waals surface area contributed by atoms with E-state index in [2.05, 4.69) is 21.2 Å². The molecular weight excluding hydrogens is 344 g/mol. The first kappa shape index (κ1) is 14.6. The van der Waals surface area contributed by atoms with Gasteiger partial charge in [-0.3, -0.25) is 9.59 Å². The van der Waals surface area contributed by atoms with Gasteiger partial charge in [-0.2, -0.15) is 0 Å². The summed E-state index contributed by atoms with van der Waals surface area (Å²) < 4.78 is 27.3. The highest BCUT2D eigenvalue weighted by Crippen LogP contribution is 2.44. The zero-order chi connectivity index (χ0) is 15.3. The Kier molecular flexibility index (Phi) is 3.39. The van der Waals surface area contributed by atoms with Crippen molar-refractivity contribution in [2.75, 3.05) is 0 Å². The number of hydrogen-bond donors (Lipinski definition) is 1. The number of nitrogens with one attached hydrogen (secondary N) is 1. The Morgan fingerprint density at radius 1 is 1.10 bits per heavy atom. The minimum atomic E-state index is -2.73. The van der Waals surface area contributed by atoms with Gasteiger partial charge < -0.3 is 5.32 Å². The Balaban J connectivity index is 1.92. The quantitative estimate of drug-likeness (QED) is 0.784. The van der Waals surface area contributed by atoms with Gasteiger partial charge in [-0.1, -0.05) is 34.1 Å². The van der Waals surface area contributed by atoms with Crippen LogP contribution in [0.15, 0.2) is 28.7 Å². The van der Waals surface area contributed by atoms with Gasteiger partial charge in [0, 0.05) is 17.3 Å². The Bertz CT molecular complexity index is 607. The van der Waals surface area contributed by atoms with Crippen LogP contribution >= 0.6 is 15.9 Å². The van der Waals surface area contributed by atoms with E-state index in [1.807, 2.05) is 0 Å². The van der Waals surface area contributed by atoms with Crippen LogP contribution in [0, 0.1) is 0 Å². The van der Waals surface area contributed by atoms with Crippen molar-refractivity contribution in [3.05, 3.63) is 34.3 Å². The largest absolute Gasteiger partial charge is 0.343 e. The number of Topliss-reactive ketones (excluding diaryl/α,β-unsaturated/α-hetero) is 1. The minimum Gasteiger partial charge on any atom is -0.343 e. The van der Waals surface area contributed by atoms with Gasteiger partial charge in [-0.25, -0.2) is 8.78 Å². The number of ketones is 1. The Hall–Kier alpha value is -1.30. The molecule has 1 atom stereocenters. The Labute approximate surface area is 129 Å². The molecule has 1 saturated heterocycles. The predicted octanol–water partition coefficient (Wildman–Crippen LogP) is 3.18. The average Bonchev–Trinajstić information content (AvgIpc) is 2.67. The maximum Gasteiger partial charge on any atom is 0.248 e. The summed E-state index contributed by atoms with van der Waals surface area (Å²) >= 11 is 3.34. The zero-order valence-electron chi connectivity index (χ0n) is 11.2. The lowest BCUT2D eigenvalue weighted by Gasteiger charge is -2.35. The van der Waals surface area contributed by atoms with Crippen molar-refractivity contribution >= 4 is 27.6 Å². The van der Waals surface area contributed by atoms with Crippen molar-refractivity contribution in [1.29, 1.82) is 0 Å². The topological polar surface area (TPSA) is 46.2 Å². The standard InChI is InChI=1S/C15H14BrF2NO2/c16-10-4-2-1-3-9(10)11-12(20)14(19-13(11)21)5-7-15(17,18)8-6-14/h1-4,11H,5-8H2,(H,19,21). The molecule has 6 heteroatoms. The molecule has 1 aromatic rings. The number of halogens is 3. The number of hydrogen-bond acceptors (Lipinski definition) is 2. The molecular formula is C15H14BrF2NO2. The summed E-state index contributed by atoms with van der Waals surface area (Å²) in [7, 11) is 0. The molecule has 1 heterocycles. The molecule has 0 radical (unpaired) electrons. The third-order valence-electron chi connectivity index (χ3n) is 4.41. The first-order valence-corrected chi connectivity index (χ1v) is 7.63. The third-order valence-corrected chi connectivity index (χ3v) is 5.13. The van der Waals surface area contributed by atoms with E-state index in [1.54, 1.807) is 24.3 Å². The van der Waals surface area contributed by atoms with E-state index in [4.69, 9.17) is 0 Å². The molecule has 1 saturated carbocycles. The summed E-state index contributed by atoms with van der Waals surface area (Å²) in [6.45, 7) is 0. The van der Waals surface area contributed by atoms with Crippen molar-refractivity contribution in [2.24, 2.45) is 0 Å². The fourth-order valence-corrected chi connectivity index (χ4v) is 3.68. The third kappa shape index (κ3) is 2.39. The van der Waals surface area contributed by atoms with Crippen LogP contribution in [0.1, 0.15) is 37.2 Å². The number of rotatable bonds is 1. The van der Waals surface area contributed by atoms with Crippen molar-refractivity contribution in [3.63, 3.8) is 0 Å². The highest BCUT2D eigenvalue weighted by atomic mass is 79.9. The van der Waals surface area contributed by atoms with Gasteiger partial charge in [0.2, 0.25) is 11.8 Å². The molecule has 0 bridgehead atoms. The molecule has 0 aromatic heterocycles.